The third kappa shape index (κ3) is 2.87. The van der Waals surface area contributed by atoms with Gasteiger partial charge in [0.15, 0.2) is 0 Å². The minimum Gasteiger partial charge on any atom is -0.382 e. The molecule has 1 aromatic rings. The molecule has 0 unspecified atom stereocenters. The number of benzene rings is 1. The fourth-order valence-corrected chi connectivity index (χ4v) is 0.987. The van der Waals surface area contributed by atoms with E-state index in [4.69, 9.17) is 23.2 Å². The molecule has 0 aliphatic heterocycles. The van der Waals surface area contributed by atoms with E-state index in [-0.39, 0.29) is 19.1 Å². The Morgan fingerprint density at radius 2 is 1.33 bits per heavy atom. The first-order valence-electron chi connectivity index (χ1n) is 3.86. The second-order valence-electron chi connectivity index (χ2n) is 2.61. The van der Waals surface area contributed by atoms with Gasteiger partial charge in [0.2, 0.25) is 0 Å². The molecular formula is C9H16N6. The average molecular weight is 208 g/mol. The van der Waals surface area contributed by atoms with Crippen molar-refractivity contribution in [3.63, 3.8) is 0 Å². The third-order valence-corrected chi connectivity index (χ3v) is 1.73. The lowest BCUT2D eigenvalue weighted by Gasteiger charge is -2.02. The Kier molecular flexibility index (Phi) is 4.66. The van der Waals surface area contributed by atoms with E-state index in [1.54, 1.807) is 24.3 Å². The van der Waals surface area contributed by atoms with E-state index in [2.05, 4.69) is 10.2 Å². The van der Waals surface area contributed by atoms with E-state index in [9.17, 15) is 0 Å². The molecule has 0 radical (unpaired) electrons. The molecule has 0 aliphatic carbocycles. The van der Waals surface area contributed by atoms with Gasteiger partial charge in [0, 0.05) is 11.1 Å². The van der Waals surface area contributed by atoms with Crippen LogP contribution < -0.4 is 23.2 Å². The summed E-state index contributed by atoms with van der Waals surface area (Å²) in [6, 6.07) is 7.00. The first-order valence-corrected chi connectivity index (χ1v) is 3.86. The van der Waals surface area contributed by atoms with Gasteiger partial charge in [0.05, 0.1) is 0 Å². The van der Waals surface area contributed by atoms with Gasteiger partial charge in [0.1, 0.15) is 11.7 Å². The van der Waals surface area contributed by atoms with Crippen LogP contribution in [-0.4, -0.2) is 11.7 Å². The van der Waals surface area contributed by atoms with Gasteiger partial charge >= 0.3 is 0 Å². The van der Waals surface area contributed by atoms with Gasteiger partial charge in [-0.3, -0.25) is 0 Å². The van der Waals surface area contributed by atoms with E-state index < -0.39 is 0 Å². The highest BCUT2D eigenvalue weighted by atomic mass is 15.2. The van der Waals surface area contributed by atoms with Gasteiger partial charge < -0.3 is 23.2 Å². The van der Waals surface area contributed by atoms with Crippen LogP contribution in [0.3, 0.4) is 0 Å². The number of hydrogen-bond donors (Lipinski definition) is 4. The van der Waals surface area contributed by atoms with Crippen LogP contribution in [0.4, 0.5) is 0 Å². The fraction of sp³-hybridized carbons (Fsp3) is 0.111. The molecule has 0 heterocycles. The molecule has 0 atom stereocenters. The van der Waals surface area contributed by atoms with Crippen LogP contribution in [0.15, 0.2) is 34.5 Å². The molecule has 6 nitrogen and oxygen atoms in total. The zero-order valence-electron chi connectivity index (χ0n) is 7.51. The number of nitrogens with two attached hydrogens (primary N) is 4. The Bertz CT molecular complexity index is 349. The van der Waals surface area contributed by atoms with Crippen molar-refractivity contribution in [2.45, 2.75) is 7.43 Å². The van der Waals surface area contributed by atoms with Crippen LogP contribution in [0.1, 0.15) is 18.6 Å². The summed E-state index contributed by atoms with van der Waals surface area (Å²) in [5, 5.41) is 6.73. The summed E-state index contributed by atoms with van der Waals surface area (Å²) >= 11 is 0. The van der Waals surface area contributed by atoms with Crippen molar-refractivity contribution in [3.8, 4) is 0 Å². The Hall–Kier alpha value is -2.24. The monoisotopic (exact) mass is 208 g/mol. The van der Waals surface area contributed by atoms with Crippen LogP contribution in [0.5, 0.6) is 0 Å². The minimum atomic E-state index is 0. The quantitative estimate of drug-likeness (QED) is 0.225. The van der Waals surface area contributed by atoms with Crippen molar-refractivity contribution < 1.29 is 0 Å². The second kappa shape index (κ2) is 5.48. The molecule has 82 valence electrons. The summed E-state index contributed by atoms with van der Waals surface area (Å²) < 4.78 is 0. The van der Waals surface area contributed by atoms with E-state index in [1.807, 2.05) is 0 Å². The Labute approximate surface area is 88.6 Å². The van der Waals surface area contributed by atoms with Gasteiger partial charge in [-0.2, -0.15) is 10.2 Å². The predicted molar refractivity (Wildman–Crippen MR) is 63.0 cm³/mol. The maximum atomic E-state index is 5.52. The third-order valence-electron chi connectivity index (χ3n) is 1.73. The van der Waals surface area contributed by atoms with Crippen molar-refractivity contribution in [1.82, 2.24) is 0 Å². The van der Waals surface area contributed by atoms with Crippen molar-refractivity contribution >= 4 is 11.7 Å². The summed E-state index contributed by atoms with van der Waals surface area (Å²) in [4.78, 5) is 0. The molecule has 0 spiro atoms. The maximum absolute atomic E-state index is 5.52. The molecular weight excluding hydrogens is 192 g/mol. The smallest absolute Gasteiger partial charge is 0.150 e. The molecule has 1 rings (SSSR count). The molecule has 0 fully saturated rings. The Morgan fingerprint density at radius 3 is 1.67 bits per heavy atom. The predicted octanol–water partition coefficient (Wildman–Crippen LogP) is -0.519. The summed E-state index contributed by atoms with van der Waals surface area (Å²) in [7, 11) is 0. The molecule has 0 aromatic heterocycles. The lowest BCUT2D eigenvalue weighted by molar-refractivity contribution is 1.22. The minimum absolute atomic E-state index is 0. The standard InChI is InChI=1S/C8H12N6.CH4/c9-7(13-11)5-2-1-3-6(4-5)8(10)14-12;/h1-4H,11-12H2,(H2,9,13)(H2,10,14);1H4. The van der Waals surface area contributed by atoms with Crippen LogP contribution in [-0.2, 0) is 0 Å². The largest absolute Gasteiger partial charge is 0.382 e. The Balaban J connectivity index is 0.00000196. The number of rotatable bonds is 2. The van der Waals surface area contributed by atoms with Gasteiger partial charge in [-0.15, -0.1) is 0 Å². The van der Waals surface area contributed by atoms with Crippen molar-refractivity contribution in [2.24, 2.45) is 33.4 Å². The summed E-state index contributed by atoms with van der Waals surface area (Å²) in [5.41, 5.74) is 12.4. The van der Waals surface area contributed by atoms with Gasteiger partial charge in [-0.25, -0.2) is 0 Å². The molecule has 0 bridgehead atoms. The first-order chi connectivity index (χ1) is 6.69. The van der Waals surface area contributed by atoms with Crippen molar-refractivity contribution in [3.05, 3.63) is 35.4 Å². The number of amidine groups is 2. The summed E-state index contributed by atoms with van der Waals surface area (Å²) in [6.07, 6.45) is 0. The van der Waals surface area contributed by atoms with Crippen LogP contribution in [0.2, 0.25) is 0 Å². The molecule has 1 aromatic carbocycles. The number of nitrogens with zero attached hydrogens (tertiary/aromatic N) is 2. The lowest BCUT2D eigenvalue weighted by Crippen LogP contribution is -2.19. The fourth-order valence-electron chi connectivity index (χ4n) is 0.987. The highest BCUT2D eigenvalue weighted by Gasteiger charge is 2.02. The molecule has 15 heavy (non-hydrogen) atoms. The summed E-state index contributed by atoms with van der Waals surface area (Å²) in [5.74, 6) is 10.5. The van der Waals surface area contributed by atoms with Gasteiger partial charge in [-0.05, 0) is 6.07 Å². The average Bonchev–Trinajstić information content (AvgIpc) is 2.27. The topological polar surface area (TPSA) is 129 Å². The molecule has 0 saturated carbocycles. The number of hydrazone groups is 2. The molecule has 8 N–H and O–H groups in total. The van der Waals surface area contributed by atoms with Gasteiger partial charge in [0.25, 0.3) is 0 Å². The van der Waals surface area contributed by atoms with Crippen molar-refractivity contribution in [2.75, 3.05) is 0 Å². The highest BCUT2D eigenvalue weighted by molar-refractivity contribution is 6.02. The number of hydrogen-bond acceptors (Lipinski definition) is 4. The molecule has 0 amide bonds. The molecule has 0 aliphatic rings. The van der Waals surface area contributed by atoms with Crippen LogP contribution in [0.25, 0.3) is 0 Å². The SMILES string of the molecule is C.NN=C(N)c1cccc(C(N)=NN)c1. The van der Waals surface area contributed by atoms with E-state index >= 15 is 0 Å². The van der Waals surface area contributed by atoms with Crippen LogP contribution >= 0.6 is 0 Å². The zero-order chi connectivity index (χ0) is 10.6. The van der Waals surface area contributed by atoms with E-state index in [1.165, 1.54) is 0 Å². The zero-order valence-corrected chi connectivity index (χ0v) is 7.51. The maximum Gasteiger partial charge on any atom is 0.150 e. The molecule has 0 saturated heterocycles. The van der Waals surface area contributed by atoms with E-state index in [0.717, 1.165) is 0 Å². The van der Waals surface area contributed by atoms with E-state index in [0.29, 0.717) is 11.1 Å². The Morgan fingerprint density at radius 1 is 0.933 bits per heavy atom. The second-order valence-corrected chi connectivity index (χ2v) is 2.61. The lowest BCUT2D eigenvalue weighted by atomic mass is 10.1. The molecule has 6 heteroatoms. The highest BCUT2D eigenvalue weighted by Crippen LogP contribution is 2.04. The first kappa shape index (κ1) is 12.8. The normalized spacial score (nSPS) is 12.0. The van der Waals surface area contributed by atoms with Crippen LogP contribution in [0, 0.1) is 0 Å². The van der Waals surface area contributed by atoms with Gasteiger partial charge in [-0.1, -0.05) is 25.6 Å². The van der Waals surface area contributed by atoms with Crippen molar-refractivity contribution in [1.29, 1.82) is 0 Å². The summed E-state index contributed by atoms with van der Waals surface area (Å²) in [6.45, 7) is 0.